The average molecular weight is 316 g/mol. The van der Waals surface area contributed by atoms with Crippen molar-refractivity contribution in [2.24, 2.45) is 0 Å². The Morgan fingerprint density at radius 3 is 2.70 bits per heavy atom. The molecule has 0 bridgehead atoms. The highest BCUT2D eigenvalue weighted by Gasteiger charge is 2.34. The lowest BCUT2D eigenvalue weighted by molar-refractivity contribution is 0.0739. The van der Waals surface area contributed by atoms with Gasteiger partial charge in [0.2, 0.25) is 5.95 Å². The van der Waals surface area contributed by atoms with E-state index in [1.54, 1.807) is 11.0 Å². The third-order valence-electron chi connectivity index (χ3n) is 4.39. The fourth-order valence-corrected chi connectivity index (χ4v) is 2.96. The maximum Gasteiger partial charge on any atom is 0.276 e. The molecule has 4 rings (SSSR count). The van der Waals surface area contributed by atoms with Crippen LogP contribution >= 0.6 is 0 Å². The lowest BCUT2D eigenvalue weighted by atomic mass is 10.2. The molecule has 2 fully saturated rings. The van der Waals surface area contributed by atoms with Crippen molar-refractivity contribution in [1.82, 2.24) is 14.9 Å². The minimum atomic E-state index is -0.488. The van der Waals surface area contributed by atoms with Crippen LogP contribution in [0.4, 0.5) is 10.1 Å². The summed E-state index contributed by atoms with van der Waals surface area (Å²) in [5, 5.41) is 0. The van der Waals surface area contributed by atoms with Gasteiger partial charge in [0.05, 0.1) is 0 Å². The normalized spacial score (nSPS) is 18.3. The van der Waals surface area contributed by atoms with Crippen molar-refractivity contribution >= 4 is 11.6 Å². The molecule has 2 aromatic rings. The topological polar surface area (TPSA) is 62.5 Å². The Morgan fingerprint density at radius 2 is 2.00 bits per heavy atom. The van der Waals surface area contributed by atoms with Gasteiger partial charge < -0.3 is 14.2 Å². The number of carbonyl (C=O) groups is 1. The minimum Gasteiger partial charge on any atom is -0.447 e. The maximum absolute atomic E-state index is 13.2. The predicted molar refractivity (Wildman–Crippen MR) is 80.8 cm³/mol. The van der Waals surface area contributed by atoms with Gasteiger partial charge in [0.15, 0.2) is 12.1 Å². The molecule has 0 unspecified atom stereocenters. The summed E-state index contributed by atoms with van der Waals surface area (Å²) in [6, 6.07) is 3.20. The number of nitrogens with zero attached hydrogens (tertiary/aromatic N) is 4. The van der Waals surface area contributed by atoms with Crippen molar-refractivity contribution < 1.29 is 13.6 Å². The number of aromatic nitrogens is 2. The molecule has 1 aliphatic carbocycles. The zero-order valence-electron chi connectivity index (χ0n) is 12.6. The Bertz CT molecular complexity index is 720. The second kappa shape index (κ2) is 5.64. The standard InChI is InChI=1S/C16H17FN4O2/c17-13-9-12(3-4-18-13)20-5-7-21(8-6-20)16(22)14-15(11-1-2-11)23-10-19-14/h3-4,9-11H,1-2,5-8H2. The van der Waals surface area contributed by atoms with Gasteiger partial charge in [-0.3, -0.25) is 4.79 Å². The highest BCUT2D eigenvalue weighted by atomic mass is 19.1. The van der Waals surface area contributed by atoms with Crippen LogP contribution in [0.3, 0.4) is 0 Å². The smallest absolute Gasteiger partial charge is 0.276 e. The fourth-order valence-electron chi connectivity index (χ4n) is 2.96. The van der Waals surface area contributed by atoms with Gasteiger partial charge in [0, 0.05) is 50.0 Å². The van der Waals surface area contributed by atoms with Crippen molar-refractivity contribution in [3.8, 4) is 0 Å². The number of oxazole rings is 1. The quantitative estimate of drug-likeness (QED) is 0.811. The Labute approximate surface area is 132 Å². The Balaban J connectivity index is 1.43. The molecule has 23 heavy (non-hydrogen) atoms. The monoisotopic (exact) mass is 316 g/mol. The van der Waals surface area contributed by atoms with Crippen LogP contribution in [-0.2, 0) is 0 Å². The molecule has 1 aliphatic heterocycles. The van der Waals surface area contributed by atoms with Crippen molar-refractivity contribution in [3.63, 3.8) is 0 Å². The fraction of sp³-hybridized carbons (Fsp3) is 0.438. The second-order valence-electron chi connectivity index (χ2n) is 5.96. The van der Waals surface area contributed by atoms with E-state index in [1.807, 2.05) is 0 Å². The Hall–Kier alpha value is -2.44. The summed E-state index contributed by atoms with van der Waals surface area (Å²) in [6.45, 7) is 2.48. The number of anilines is 1. The summed E-state index contributed by atoms with van der Waals surface area (Å²) in [7, 11) is 0. The molecular formula is C16H17FN4O2. The van der Waals surface area contributed by atoms with Crippen LogP contribution in [0.2, 0.25) is 0 Å². The van der Waals surface area contributed by atoms with Gasteiger partial charge in [-0.05, 0) is 18.9 Å². The highest BCUT2D eigenvalue weighted by molar-refractivity contribution is 5.93. The van der Waals surface area contributed by atoms with E-state index in [4.69, 9.17) is 4.42 Å². The number of halogens is 1. The molecule has 120 valence electrons. The van der Waals surface area contributed by atoms with Crippen LogP contribution in [0.25, 0.3) is 0 Å². The average Bonchev–Trinajstić information content (AvgIpc) is 3.31. The molecule has 2 aromatic heterocycles. The summed E-state index contributed by atoms with van der Waals surface area (Å²) in [5.41, 5.74) is 1.25. The molecule has 0 aromatic carbocycles. The van der Waals surface area contributed by atoms with Crippen LogP contribution in [0, 0.1) is 5.95 Å². The molecule has 6 nitrogen and oxygen atoms in total. The number of rotatable bonds is 3. The number of pyridine rings is 1. The van der Waals surface area contributed by atoms with E-state index in [9.17, 15) is 9.18 Å². The Morgan fingerprint density at radius 1 is 1.22 bits per heavy atom. The molecule has 1 saturated carbocycles. The van der Waals surface area contributed by atoms with E-state index in [0.29, 0.717) is 37.8 Å². The van der Waals surface area contributed by atoms with E-state index in [0.717, 1.165) is 24.3 Å². The van der Waals surface area contributed by atoms with E-state index in [-0.39, 0.29) is 5.91 Å². The predicted octanol–water partition coefficient (Wildman–Crippen LogP) is 2.05. The molecule has 2 aliphatic rings. The maximum atomic E-state index is 13.2. The number of hydrogen-bond donors (Lipinski definition) is 0. The van der Waals surface area contributed by atoms with Gasteiger partial charge in [-0.1, -0.05) is 0 Å². The van der Waals surface area contributed by atoms with Crippen molar-refractivity contribution in [2.45, 2.75) is 18.8 Å². The zero-order valence-corrected chi connectivity index (χ0v) is 12.6. The van der Waals surface area contributed by atoms with E-state index in [1.165, 1.54) is 18.7 Å². The molecular weight excluding hydrogens is 299 g/mol. The number of amides is 1. The summed E-state index contributed by atoms with van der Waals surface area (Å²) in [6.07, 6.45) is 4.95. The first-order valence-electron chi connectivity index (χ1n) is 7.81. The first kappa shape index (κ1) is 14.2. The van der Waals surface area contributed by atoms with Crippen molar-refractivity contribution in [2.75, 3.05) is 31.1 Å². The van der Waals surface area contributed by atoms with Crippen LogP contribution in [0.5, 0.6) is 0 Å². The van der Waals surface area contributed by atoms with Gasteiger partial charge in [-0.25, -0.2) is 9.97 Å². The zero-order chi connectivity index (χ0) is 15.8. The largest absolute Gasteiger partial charge is 0.447 e. The molecule has 0 radical (unpaired) electrons. The van der Waals surface area contributed by atoms with E-state index < -0.39 is 5.95 Å². The molecule has 7 heteroatoms. The van der Waals surface area contributed by atoms with Crippen LogP contribution in [-0.4, -0.2) is 47.0 Å². The van der Waals surface area contributed by atoms with Crippen molar-refractivity contribution in [1.29, 1.82) is 0 Å². The lowest BCUT2D eigenvalue weighted by Crippen LogP contribution is -2.49. The lowest BCUT2D eigenvalue weighted by Gasteiger charge is -2.35. The molecule has 0 spiro atoms. The third-order valence-corrected chi connectivity index (χ3v) is 4.39. The minimum absolute atomic E-state index is 0.0683. The number of carbonyl (C=O) groups excluding carboxylic acids is 1. The summed E-state index contributed by atoms with van der Waals surface area (Å²) in [4.78, 5) is 24.1. The third kappa shape index (κ3) is 2.78. The molecule has 0 N–H and O–H groups in total. The molecule has 0 atom stereocenters. The molecule has 1 amide bonds. The van der Waals surface area contributed by atoms with Gasteiger partial charge in [0.25, 0.3) is 5.91 Å². The second-order valence-corrected chi connectivity index (χ2v) is 5.96. The van der Waals surface area contributed by atoms with Crippen LogP contribution in [0.1, 0.15) is 35.0 Å². The summed E-state index contributed by atoms with van der Waals surface area (Å²) < 4.78 is 18.6. The summed E-state index contributed by atoms with van der Waals surface area (Å²) in [5.74, 6) is 0.532. The van der Waals surface area contributed by atoms with Gasteiger partial charge >= 0.3 is 0 Å². The molecule has 3 heterocycles. The van der Waals surface area contributed by atoms with Gasteiger partial charge in [-0.15, -0.1) is 0 Å². The van der Waals surface area contributed by atoms with Gasteiger partial charge in [0.1, 0.15) is 5.76 Å². The highest BCUT2D eigenvalue weighted by Crippen LogP contribution is 2.41. The first-order chi connectivity index (χ1) is 11.2. The van der Waals surface area contributed by atoms with Crippen molar-refractivity contribution in [3.05, 3.63) is 42.1 Å². The SMILES string of the molecule is O=C(c1ncoc1C1CC1)N1CCN(c2ccnc(F)c2)CC1. The molecule has 1 saturated heterocycles. The Kier molecular flexibility index (Phi) is 3.48. The van der Waals surface area contributed by atoms with Crippen LogP contribution < -0.4 is 4.90 Å². The summed E-state index contributed by atoms with van der Waals surface area (Å²) >= 11 is 0. The first-order valence-corrected chi connectivity index (χ1v) is 7.81. The van der Waals surface area contributed by atoms with Crippen LogP contribution in [0.15, 0.2) is 29.1 Å². The van der Waals surface area contributed by atoms with E-state index in [2.05, 4.69) is 14.9 Å². The van der Waals surface area contributed by atoms with Gasteiger partial charge in [-0.2, -0.15) is 4.39 Å². The number of hydrogen-bond acceptors (Lipinski definition) is 5. The van der Waals surface area contributed by atoms with E-state index >= 15 is 0 Å². The number of piperazine rings is 1.